The predicted octanol–water partition coefficient (Wildman–Crippen LogP) is 2.35. The smallest absolute Gasteiger partial charge is 0.253 e. The van der Waals surface area contributed by atoms with Crippen LogP contribution in [-0.4, -0.2) is 42.0 Å². The van der Waals surface area contributed by atoms with Gasteiger partial charge < -0.3 is 9.80 Å². The Morgan fingerprint density at radius 3 is 2.33 bits per heavy atom. The second kappa shape index (κ2) is 5.95. The second-order valence-electron chi connectivity index (χ2n) is 5.34. The lowest BCUT2D eigenvalue weighted by atomic mass is 10.2. The van der Waals surface area contributed by atoms with E-state index in [1.807, 2.05) is 54.4 Å². The lowest BCUT2D eigenvalue weighted by Crippen LogP contribution is -2.49. The van der Waals surface area contributed by atoms with Gasteiger partial charge in [-0.25, -0.2) is 4.98 Å². The molecule has 0 N–H and O–H groups in total. The molecule has 4 nitrogen and oxygen atoms in total. The molecular weight excluding hydrogens is 262 g/mol. The van der Waals surface area contributed by atoms with Crippen LogP contribution >= 0.6 is 0 Å². The number of benzene rings is 1. The summed E-state index contributed by atoms with van der Waals surface area (Å²) in [6.07, 6.45) is 1.89. The highest BCUT2D eigenvalue weighted by Gasteiger charge is 2.22. The molecule has 0 bridgehead atoms. The highest BCUT2D eigenvalue weighted by atomic mass is 16.2. The summed E-state index contributed by atoms with van der Waals surface area (Å²) in [7, 11) is 0. The molecule has 0 atom stereocenters. The molecule has 1 amide bonds. The van der Waals surface area contributed by atoms with E-state index in [9.17, 15) is 4.79 Å². The number of hydrogen-bond donors (Lipinski definition) is 0. The van der Waals surface area contributed by atoms with Crippen LogP contribution in [0.4, 0.5) is 5.82 Å². The van der Waals surface area contributed by atoms with Gasteiger partial charge in [0.1, 0.15) is 5.82 Å². The van der Waals surface area contributed by atoms with Crippen molar-refractivity contribution in [1.29, 1.82) is 0 Å². The van der Waals surface area contributed by atoms with E-state index in [2.05, 4.69) is 16.0 Å². The predicted molar refractivity (Wildman–Crippen MR) is 83.5 cm³/mol. The van der Waals surface area contributed by atoms with E-state index in [0.29, 0.717) is 0 Å². The number of hydrogen-bond acceptors (Lipinski definition) is 3. The first-order valence-electron chi connectivity index (χ1n) is 7.26. The Hall–Kier alpha value is -2.36. The number of carbonyl (C=O) groups excluding carboxylic acids is 1. The van der Waals surface area contributed by atoms with E-state index in [-0.39, 0.29) is 5.91 Å². The first-order valence-corrected chi connectivity index (χ1v) is 7.26. The molecule has 0 aliphatic carbocycles. The standard InChI is InChI=1S/C17H19N3O/c1-14-7-8-16(18-13-14)19-9-11-20(12-10-19)17(21)15-5-3-2-4-6-15/h2-8,13H,9-12H2,1H3. The Morgan fingerprint density at radius 1 is 1.00 bits per heavy atom. The summed E-state index contributed by atoms with van der Waals surface area (Å²) in [4.78, 5) is 21.0. The van der Waals surface area contributed by atoms with Gasteiger partial charge in [0.2, 0.25) is 0 Å². The van der Waals surface area contributed by atoms with Crippen molar-refractivity contribution >= 4 is 11.7 Å². The van der Waals surface area contributed by atoms with Crippen molar-refractivity contribution < 1.29 is 4.79 Å². The number of amides is 1. The minimum absolute atomic E-state index is 0.118. The quantitative estimate of drug-likeness (QED) is 0.848. The molecule has 1 saturated heterocycles. The molecule has 1 aliphatic heterocycles. The first-order chi connectivity index (χ1) is 10.2. The lowest BCUT2D eigenvalue weighted by Gasteiger charge is -2.35. The zero-order valence-corrected chi connectivity index (χ0v) is 12.2. The van der Waals surface area contributed by atoms with Crippen LogP contribution in [0.2, 0.25) is 0 Å². The van der Waals surface area contributed by atoms with Gasteiger partial charge in [0, 0.05) is 37.9 Å². The molecule has 0 saturated carbocycles. The van der Waals surface area contributed by atoms with E-state index in [4.69, 9.17) is 0 Å². The molecule has 1 fully saturated rings. The van der Waals surface area contributed by atoms with Gasteiger partial charge in [-0.15, -0.1) is 0 Å². The van der Waals surface area contributed by atoms with Crippen LogP contribution in [0.15, 0.2) is 48.7 Å². The first kappa shape index (κ1) is 13.6. The third-order valence-corrected chi connectivity index (χ3v) is 3.81. The number of piperazine rings is 1. The summed E-state index contributed by atoms with van der Waals surface area (Å²) in [5, 5.41) is 0. The van der Waals surface area contributed by atoms with Crippen molar-refractivity contribution in [2.45, 2.75) is 6.92 Å². The van der Waals surface area contributed by atoms with Crippen molar-refractivity contribution in [1.82, 2.24) is 9.88 Å². The molecule has 1 aromatic carbocycles. The maximum atomic E-state index is 12.4. The number of aromatic nitrogens is 1. The summed E-state index contributed by atoms with van der Waals surface area (Å²) in [5.41, 5.74) is 1.93. The fraction of sp³-hybridized carbons (Fsp3) is 0.294. The lowest BCUT2D eigenvalue weighted by molar-refractivity contribution is 0.0746. The number of rotatable bonds is 2. The normalized spacial score (nSPS) is 15.1. The fourth-order valence-corrected chi connectivity index (χ4v) is 2.55. The number of nitrogens with zero attached hydrogens (tertiary/aromatic N) is 3. The van der Waals surface area contributed by atoms with Crippen molar-refractivity contribution in [2.75, 3.05) is 31.1 Å². The van der Waals surface area contributed by atoms with Gasteiger partial charge in [-0.3, -0.25) is 4.79 Å². The Bertz CT molecular complexity index is 602. The number of anilines is 1. The van der Waals surface area contributed by atoms with Gasteiger partial charge >= 0.3 is 0 Å². The summed E-state index contributed by atoms with van der Waals surface area (Å²) in [6, 6.07) is 13.6. The van der Waals surface area contributed by atoms with E-state index >= 15 is 0 Å². The van der Waals surface area contributed by atoms with Gasteiger partial charge in [0.25, 0.3) is 5.91 Å². The molecule has 108 valence electrons. The summed E-state index contributed by atoms with van der Waals surface area (Å²) in [6.45, 7) is 5.17. The maximum absolute atomic E-state index is 12.4. The molecule has 0 spiro atoms. The van der Waals surface area contributed by atoms with Crippen LogP contribution in [0.1, 0.15) is 15.9 Å². The van der Waals surface area contributed by atoms with Crippen molar-refractivity contribution in [3.05, 3.63) is 59.8 Å². The van der Waals surface area contributed by atoms with E-state index < -0.39 is 0 Å². The Morgan fingerprint density at radius 2 is 1.71 bits per heavy atom. The third-order valence-electron chi connectivity index (χ3n) is 3.81. The van der Waals surface area contributed by atoms with Crippen LogP contribution in [0.25, 0.3) is 0 Å². The Kier molecular flexibility index (Phi) is 3.86. The largest absolute Gasteiger partial charge is 0.353 e. The van der Waals surface area contributed by atoms with Gasteiger partial charge in [-0.05, 0) is 30.7 Å². The molecule has 3 rings (SSSR count). The fourth-order valence-electron chi connectivity index (χ4n) is 2.55. The SMILES string of the molecule is Cc1ccc(N2CCN(C(=O)c3ccccc3)CC2)nc1. The molecule has 0 unspecified atom stereocenters. The molecule has 0 radical (unpaired) electrons. The minimum Gasteiger partial charge on any atom is -0.353 e. The molecule has 1 aliphatic rings. The number of aryl methyl sites for hydroxylation is 1. The molecule has 2 aromatic rings. The third kappa shape index (κ3) is 3.05. The summed E-state index contributed by atoms with van der Waals surface area (Å²) >= 11 is 0. The number of carbonyl (C=O) groups is 1. The second-order valence-corrected chi connectivity index (χ2v) is 5.34. The van der Waals surface area contributed by atoms with Gasteiger partial charge in [-0.2, -0.15) is 0 Å². The maximum Gasteiger partial charge on any atom is 0.253 e. The highest BCUT2D eigenvalue weighted by molar-refractivity contribution is 5.94. The monoisotopic (exact) mass is 281 g/mol. The van der Waals surface area contributed by atoms with Crippen LogP contribution < -0.4 is 4.90 Å². The van der Waals surface area contributed by atoms with Crippen molar-refractivity contribution in [3.63, 3.8) is 0 Å². The van der Waals surface area contributed by atoms with Crippen LogP contribution in [0.5, 0.6) is 0 Å². The summed E-state index contributed by atoms with van der Waals surface area (Å²) < 4.78 is 0. The molecule has 2 heterocycles. The average molecular weight is 281 g/mol. The van der Waals surface area contributed by atoms with E-state index in [1.54, 1.807) is 0 Å². The molecule has 1 aromatic heterocycles. The van der Waals surface area contributed by atoms with Crippen molar-refractivity contribution in [2.24, 2.45) is 0 Å². The minimum atomic E-state index is 0.118. The Labute approximate surface area is 125 Å². The van der Waals surface area contributed by atoms with Gasteiger partial charge in [-0.1, -0.05) is 24.3 Å². The highest BCUT2D eigenvalue weighted by Crippen LogP contribution is 2.15. The van der Waals surface area contributed by atoms with Crippen LogP contribution in [0.3, 0.4) is 0 Å². The Balaban J connectivity index is 1.63. The van der Waals surface area contributed by atoms with E-state index in [0.717, 1.165) is 43.1 Å². The van der Waals surface area contributed by atoms with Crippen LogP contribution in [-0.2, 0) is 0 Å². The number of pyridine rings is 1. The van der Waals surface area contributed by atoms with E-state index in [1.165, 1.54) is 0 Å². The van der Waals surface area contributed by atoms with Crippen molar-refractivity contribution in [3.8, 4) is 0 Å². The topological polar surface area (TPSA) is 36.4 Å². The molecule has 4 heteroatoms. The molecular formula is C17H19N3O. The molecule has 21 heavy (non-hydrogen) atoms. The summed E-state index contributed by atoms with van der Waals surface area (Å²) in [5.74, 6) is 1.11. The zero-order chi connectivity index (χ0) is 14.7. The zero-order valence-electron chi connectivity index (χ0n) is 12.2. The van der Waals surface area contributed by atoms with Crippen LogP contribution in [0, 0.1) is 6.92 Å². The average Bonchev–Trinajstić information content (AvgIpc) is 2.56. The van der Waals surface area contributed by atoms with Gasteiger partial charge in [0.05, 0.1) is 0 Å². The van der Waals surface area contributed by atoms with Gasteiger partial charge in [0.15, 0.2) is 0 Å².